The highest BCUT2D eigenvalue weighted by Gasteiger charge is 2.19. The van der Waals surface area contributed by atoms with Gasteiger partial charge in [0, 0.05) is 24.2 Å². The number of carbonyl (C=O) groups excluding carboxylic acids is 1. The lowest BCUT2D eigenvalue weighted by molar-refractivity contribution is 0.0865. The highest BCUT2D eigenvalue weighted by Crippen LogP contribution is 2.31. The molecule has 40 heavy (non-hydrogen) atoms. The molecule has 0 bridgehead atoms. The van der Waals surface area contributed by atoms with E-state index >= 15 is 0 Å². The zero-order chi connectivity index (χ0) is 27.9. The van der Waals surface area contributed by atoms with E-state index in [0.29, 0.717) is 23.5 Å². The summed E-state index contributed by atoms with van der Waals surface area (Å²) in [6, 6.07) is 20.9. The Hall–Kier alpha value is -4.33. The van der Waals surface area contributed by atoms with Gasteiger partial charge in [-0.1, -0.05) is 62.2 Å². The van der Waals surface area contributed by atoms with Crippen molar-refractivity contribution in [3.05, 3.63) is 78.1 Å². The van der Waals surface area contributed by atoms with E-state index < -0.39 is 12.2 Å². The van der Waals surface area contributed by atoms with Gasteiger partial charge in [-0.15, -0.1) is 0 Å². The molecule has 0 atom stereocenters. The monoisotopic (exact) mass is 541 g/mol. The number of imidazole rings is 1. The topological polar surface area (TPSA) is 103 Å². The van der Waals surface area contributed by atoms with E-state index in [9.17, 15) is 9.59 Å². The molecule has 1 aliphatic carbocycles. The van der Waals surface area contributed by atoms with Crippen molar-refractivity contribution in [2.24, 2.45) is 0 Å². The molecule has 1 aliphatic rings. The Morgan fingerprint density at radius 2 is 1.80 bits per heavy atom. The average Bonchev–Trinajstić information content (AvgIpc) is 3.29. The minimum atomic E-state index is -1.34. The van der Waals surface area contributed by atoms with Crippen LogP contribution in [0.15, 0.2) is 66.7 Å². The molecule has 8 heteroatoms. The number of rotatable bonds is 9. The number of carbonyl (C=O) groups is 2. The first-order valence-corrected chi connectivity index (χ1v) is 14.1. The van der Waals surface area contributed by atoms with Crippen LogP contribution in [-0.4, -0.2) is 33.0 Å². The minimum Gasteiger partial charge on any atom is -0.449 e. The van der Waals surface area contributed by atoms with Crippen molar-refractivity contribution in [1.82, 2.24) is 9.55 Å². The van der Waals surface area contributed by atoms with Crippen LogP contribution in [0.2, 0.25) is 0 Å². The molecule has 8 nitrogen and oxygen atoms in total. The lowest BCUT2D eigenvalue weighted by Gasteiger charge is -2.21. The third kappa shape index (κ3) is 6.62. The summed E-state index contributed by atoms with van der Waals surface area (Å²) >= 11 is 0. The second-order valence-corrected chi connectivity index (χ2v) is 10.3. The lowest BCUT2D eigenvalue weighted by atomic mass is 9.98. The number of para-hydroxylation sites is 1. The third-order valence-electron chi connectivity index (χ3n) is 7.34. The van der Waals surface area contributed by atoms with Crippen molar-refractivity contribution in [3.8, 4) is 16.9 Å². The Morgan fingerprint density at radius 1 is 1.02 bits per heavy atom. The van der Waals surface area contributed by atoms with Gasteiger partial charge in [0.25, 0.3) is 0 Å². The van der Waals surface area contributed by atoms with Gasteiger partial charge in [-0.3, -0.25) is 5.32 Å². The number of carboxylic acid groups (broad SMARTS) is 1. The minimum absolute atomic E-state index is 0.00529. The number of hydrogen-bond donors (Lipinski definition) is 2. The fourth-order valence-electron chi connectivity index (χ4n) is 5.29. The fraction of sp³-hybridized carbons (Fsp3) is 0.344. The summed E-state index contributed by atoms with van der Waals surface area (Å²) in [5, 5.41) is 12.0. The number of nitrogens with one attached hydrogen (secondary N) is 1. The molecule has 1 amide bonds. The molecule has 0 spiro atoms. The number of aryl methyl sites for hydroxylation is 1. The first-order valence-electron chi connectivity index (χ1n) is 14.1. The van der Waals surface area contributed by atoms with Crippen molar-refractivity contribution >= 4 is 29.0 Å². The van der Waals surface area contributed by atoms with Crippen molar-refractivity contribution in [2.75, 3.05) is 5.32 Å². The van der Waals surface area contributed by atoms with Crippen LogP contribution in [-0.2, 0) is 17.7 Å². The van der Waals surface area contributed by atoms with Crippen molar-refractivity contribution in [1.29, 1.82) is 0 Å². The van der Waals surface area contributed by atoms with Crippen molar-refractivity contribution in [2.45, 2.75) is 70.9 Å². The first kappa shape index (κ1) is 27.2. The Balaban J connectivity index is 1.38. The molecule has 0 radical (unpaired) electrons. The number of hydrogen-bond acceptors (Lipinski definition) is 5. The molecule has 0 unspecified atom stereocenters. The maximum Gasteiger partial charge on any atom is 0.511 e. The summed E-state index contributed by atoms with van der Waals surface area (Å²) in [6.45, 7) is 2.77. The number of amides is 1. The van der Waals surface area contributed by atoms with E-state index in [1.54, 1.807) is 12.1 Å². The summed E-state index contributed by atoms with van der Waals surface area (Å²) < 4.78 is 12.8. The predicted octanol–water partition coefficient (Wildman–Crippen LogP) is 8.03. The molecule has 2 N–H and O–H groups in total. The van der Waals surface area contributed by atoms with Crippen LogP contribution in [0.5, 0.6) is 5.75 Å². The summed E-state index contributed by atoms with van der Waals surface area (Å²) in [7, 11) is 0. The summed E-state index contributed by atoms with van der Waals surface area (Å²) in [5.74, 6) is 1.30. The molecule has 0 aliphatic heterocycles. The maximum absolute atomic E-state index is 12.6. The molecular formula is C32H35N3O5. The quantitative estimate of drug-likeness (QED) is 0.164. The van der Waals surface area contributed by atoms with Gasteiger partial charge in [-0.05, 0) is 67.5 Å². The highest BCUT2D eigenvalue weighted by molar-refractivity contribution is 5.89. The van der Waals surface area contributed by atoms with Crippen LogP contribution in [0.1, 0.15) is 63.3 Å². The van der Waals surface area contributed by atoms with Gasteiger partial charge >= 0.3 is 12.2 Å². The van der Waals surface area contributed by atoms with Gasteiger partial charge in [-0.25, -0.2) is 14.6 Å². The Morgan fingerprint density at radius 3 is 2.55 bits per heavy atom. The standard InChI is InChI=1S/C32H35N3O5/c1-2-3-13-30-34-27-19-18-24(33-31(36)39-25-9-5-4-6-10-25)20-28(27)35(30)21-22-14-16-23(17-15-22)26-11-7-8-12-29(26)40-32(37)38/h7-8,11-12,14-20,25H,2-6,9-10,13,21H2,1H3,(H,33,36)(H,37,38). The van der Waals surface area contributed by atoms with E-state index in [1.807, 2.05) is 54.6 Å². The number of ether oxygens (including phenoxy) is 2. The summed E-state index contributed by atoms with van der Waals surface area (Å²) in [4.78, 5) is 28.6. The van der Waals surface area contributed by atoms with Crippen molar-refractivity contribution in [3.63, 3.8) is 0 Å². The molecule has 1 heterocycles. The largest absolute Gasteiger partial charge is 0.511 e. The predicted molar refractivity (Wildman–Crippen MR) is 155 cm³/mol. The molecular weight excluding hydrogens is 506 g/mol. The summed E-state index contributed by atoms with van der Waals surface area (Å²) in [5.41, 5.74) is 5.17. The smallest absolute Gasteiger partial charge is 0.449 e. The molecule has 208 valence electrons. The van der Waals surface area contributed by atoms with E-state index in [2.05, 4.69) is 16.8 Å². The number of fused-ring (bicyclic) bond motifs is 1. The van der Waals surface area contributed by atoms with E-state index in [1.165, 1.54) is 6.42 Å². The zero-order valence-corrected chi connectivity index (χ0v) is 22.8. The fourth-order valence-corrected chi connectivity index (χ4v) is 5.29. The normalized spacial score (nSPS) is 13.7. The zero-order valence-electron chi connectivity index (χ0n) is 22.8. The highest BCUT2D eigenvalue weighted by atomic mass is 16.7. The number of nitrogens with zero attached hydrogens (tertiary/aromatic N) is 2. The second-order valence-electron chi connectivity index (χ2n) is 10.3. The average molecular weight is 542 g/mol. The molecule has 3 aromatic carbocycles. The number of anilines is 1. The van der Waals surface area contributed by atoms with Gasteiger partial charge in [0.2, 0.25) is 0 Å². The maximum atomic E-state index is 12.6. The van der Waals surface area contributed by atoms with Gasteiger partial charge in [-0.2, -0.15) is 0 Å². The Kier molecular flexibility index (Phi) is 8.64. The Labute approximate surface area is 233 Å². The number of benzene rings is 3. The molecule has 0 saturated heterocycles. The van der Waals surface area contributed by atoms with Crippen LogP contribution in [0.25, 0.3) is 22.2 Å². The Bertz CT molecular complexity index is 1470. The van der Waals surface area contributed by atoms with E-state index in [4.69, 9.17) is 19.6 Å². The summed E-state index contributed by atoms with van der Waals surface area (Å²) in [6.07, 6.45) is 6.46. The van der Waals surface area contributed by atoms with Crippen LogP contribution < -0.4 is 10.1 Å². The SMILES string of the molecule is CCCCc1nc2ccc(NC(=O)OC3CCCCC3)cc2n1Cc1ccc(-c2ccccc2OC(=O)O)cc1. The van der Waals surface area contributed by atoms with Crippen LogP contribution in [0.3, 0.4) is 0 Å². The van der Waals surface area contributed by atoms with Gasteiger partial charge in [0.05, 0.1) is 11.0 Å². The van der Waals surface area contributed by atoms with Crippen LogP contribution >= 0.6 is 0 Å². The molecule has 1 fully saturated rings. The van der Waals surface area contributed by atoms with Crippen LogP contribution in [0, 0.1) is 0 Å². The van der Waals surface area contributed by atoms with Gasteiger partial charge in [0.15, 0.2) is 0 Å². The first-order chi connectivity index (χ1) is 19.5. The number of unbranched alkanes of at least 4 members (excludes halogenated alkanes) is 1. The molecule has 4 aromatic rings. The molecule has 5 rings (SSSR count). The van der Waals surface area contributed by atoms with Gasteiger partial charge in [0.1, 0.15) is 17.7 Å². The van der Waals surface area contributed by atoms with E-state index in [0.717, 1.165) is 72.9 Å². The van der Waals surface area contributed by atoms with Crippen LogP contribution in [0.4, 0.5) is 15.3 Å². The number of aromatic nitrogens is 2. The lowest BCUT2D eigenvalue weighted by Crippen LogP contribution is -2.24. The molecule has 1 saturated carbocycles. The van der Waals surface area contributed by atoms with Crippen molar-refractivity contribution < 1.29 is 24.2 Å². The van der Waals surface area contributed by atoms with E-state index in [-0.39, 0.29) is 6.10 Å². The molecule has 1 aromatic heterocycles. The third-order valence-corrected chi connectivity index (χ3v) is 7.34. The van der Waals surface area contributed by atoms with Gasteiger partial charge < -0.3 is 19.1 Å². The second kappa shape index (κ2) is 12.7.